The highest BCUT2D eigenvalue weighted by Gasteiger charge is 2.60. The summed E-state index contributed by atoms with van der Waals surface area (Å²) in [5, 5.41) is 0. The van der Waals surface area contributed by atoms with E-state index < -0.39 is 71.7 Å². The Morgan fingerprint density at radius 1 is 0.646 bits per heavy atom. The third-order valence-electron chi connectivity index (χ3n) is 9.42. The SMILES string of the molecule is COC(=O)[C@]1([C@@H]2CCC(=O)O2)CC(=O)c2c(OC)cc(C)c(-c3c(C)cc(OC)c4c3O[C@@](C(=O)OC)([C@@H]3CCC(=O)O3)CC4=O)c2O1. The van der Waals surface area contributed by atoms with Crippen LogP contribution >= 0.6 is 0 Å². The second-order valence-corrected chi connectivity index (χ2v) is 12.2. The number of Topliss-reactive ketones (excluding diaryl/α,β-unsaturated/α-hetero) is 2. The molecule has 0 bridgehead atoms. The van der Waals surface area contributed by atoms with Crippen molar-refractivity contribution in [1.29, 1.82) is 0 Å². The molecule has 14 heteroatoms. The maximum atomic E-state index is 14.1. The first-order valence-corrected chi connectivity index (χ1v) is 15.3. The molecule has 0 N–H and O–H groups in total. The Bertz CT molecular complexity index is 1660. The van der Waals surface area contributed by atoms with Crippen LogP contribution in [0.1, 0.15) is 70.4 Å². The summed E-state index contributed by atoms with van der Waals surface area (Å²) >= 11 is 0. The molecule has 0 amide bonds. The fourth-order valence-corrected chi connectivity index (χ4v) is 7.18. The first-order chi connectivity index (χ1) is 22.8. The van der Waals surface area contributed by atoms with Crippen LogP contribution in [0, 0.1) is 13.8 Å². The standard InChI is InChI=1S/C34H34O14/c1-15-11-19(41-3)27-17(35)13-33(31(39)43-5,21-7-9-23(37)45-21)47-29(27)25(15)26-16(2)12-20(42-4)28-18(36)14-34(32(40)44-6,48-30(26)28)22-8-10-24(38)46-22/h11-12,21-22H,7-10,13-14H2,1-6H3/t21-,22-,33+,34+/m0/s1. The number of cyclic esters (lactones) is 2. The van der Waals surface area contributed by atoms with Crippen LogP contribution in [0.4, 0.5) is 0 Å². The van der Waals surface area contributed by atoms with E-state index in [2.05, 4.69) is 0 Å². The molecule has 2 aromatic rings. The number of ketones is 2. The summed E-state index contributed by atoms with van der Waals surface area (Å²) in [6, 6.07) is 3.20. The van der Waals surface area contributed by atoms with Crippen molar-refractivity contribution >= 4 is 35.4 Å². The normalized spacial score (nSPS) is 26.0. The molecule has 0 saturated carbocycles. The highest BCUT2D eigenvalue weighted by atomic mass is 16.6. The van der Waals surface area contributed by atoms with Crippen molar-refractivity contribution in [3.8, 4) is 34.1 Å². The second-order valence-electron chi connectivity index (χ2n) is 12.2. The molecule has 0 aliphatic carbocycles. The lowest BCUT2D eigenvalue weighted by molar-refractivity contribution is -0.176. The number of hydrogen-bond donors (Lipinski definition) is 0. The van der Waals surface area contributed by atoms with Gasteiger partial charge in [-0.15, -0.1) is 0 Å². The van der Waals surface area contributed by atoms with E-state index in [0.29, 0.717) is 11.1 Å². The summed E-state index contributed by atoms with van der Waals surface area (Å²) in [6.45, 7) is 3.39. The zero-order valence-corrected chi connectivity index (χ0v) is 27.3. The van der Waals surface area contributed by atoms with E-state index in [1.54, 1.807) is 26.0 Å². The molecular formula is C34H34O14. The van der Waals surface area contributed by atoms with Gasteiger partial charge in [-0.3, -0.25) is 19.2 Å². The number of ether oxygens (including phenoxy) is 8. The summed E-state index contributed by atoms with van der Waals surface area (Å²) in [4.78, 5) is 79.6. The Labute approximate surface area is 274 Å². The molecule has 0 unspecified atom stereocenters. The van der Waals surface area contributed by atoms with Crippen molar-refractivity contribution in [2.24, 2.45) is 0 Å². The first-order valence-electron chi connectivity index (χ1n) is 15.3. The molecule has 4 aliphatic heterocycles. The van der Waals surface area contributed by atoms with Crippen molar-refractivity contribution in [2.45, 2.75) is 75.8 Å². The Balaban J connectivity index is 1.66. The lowest BCUT2D eigenvalue weighted by Gasteiger charge is -2.41. The number of carbonyl (C=O) groups is 6. The molecule has 48 heavy (non-hydrogen) atoms. The van der Waals surface area contributed by atoms with Gasteiger partial charge in [0, 0.05) is 24.0 Å². The number of rotatable bonds is 7. The lowest BCUT2D eigenvalue weighted by Crippen LogP contribution is -2.58. The fourth-order valence-electron chi connectivity index (χ4n) is 7.18. The molecule has 2 aromatic carbocycles. The van der Waals surface area contributed by atoms with E-state index in [0.717, 1.165) is 14.2 Å². The molecule has 0 aromatic heterocycles. The Morgan fingerprint density at radius 2 is 1.02 bits per heavy atom. The van der Waals surface area contributed by atoms with Crippen molar-refractivity contribution in [2.75, 3.05) is 28.4 Å². The van der Waals surface area contributed by atoms with Gasteiger partial charge in [0.05, 0.1) is 41.3 Å². The third-order valence-corrected chi connectivity index (χ3v) is 9.42. The van der Waals surface area contributed by atoms with E-state index in [9.17, 15) is 28.8 Å². The Hall–Kier alpha value is -5.14. The summed E-state index contributed by atoms with van der Waals surface area (Å²) in [5.41, 5.74) is -2.72. The summed E-state index contributed by atoms with van der Waals surface area (Å²) in [5.74, 6) is -4.01. The van der Waals surface area contributed by atoms with Gasteiger partial charge >= 0.3 is 23.9 Å². The number of hydrogen-bond acceptors (Lipinski definition) is 14. The Morgan fingerprint density at radius 3 is 1.31 bits per heavy atom. The first kappa shape index (κ1) is 32.8. The molecule has 14 nitrogen and oxygen atoms in total. The monoisotopic (exact) mass is 666 g/mol. The molecule has 2 fully saturated rings. The topological polar surface area (TPSA) is 176 Å². The zero-order chi connectivity index (χ0) is 34.7. The van der Waals surface area contributed by atoms with Gasteiger partial charge in [0.15, 0.2) is 23.8 Å². The van der Waals surface area contributed by atoms with Crippen LogP contribution in [0.5, 0.6) is 23.0 Å². The fraction of sp³-hybridized carbons (Fsp3) is 0.471. The summed E-state index contributed by atoms with van der Waals surface area (Å²) in [7, 11) is 5.01. The molecule has 0 radical (unpaired) electrons. The van der Waals surface area contributed by atoms with Crippen LogP contribution in [-0.2, 0) is 38.1 Å². The molecule has 2 saturated heterocycles. The quantitative estimate of drug-likeness (QED) is 0.311. The van der Waals surface area contributed by atoms with Crippen molar-refractivity contribution in [3.05, 3.63) is 34.4 Å². The summed E-state index contributed by atoms with van der Waals surface area (Å²) in [6.07, 6.45) is -3.16. The van der Waals surface area contributed by atoms with Crippen LogP contribution in [0.15, 0.2) is 12.1 Å². The van der Waals surface area contributed by atoms with Gasteiger partial charge < -0.3 is 37.9 Å². The van der Waals surface area contributed by atoms with Gasteiger partial charge in [0.2, 0.25) is 11.2 Å². The minimum absolute atomic E-state index is 0.000212. The van der Waals surface area contributed by atoms with Crippen LogP contribution in [0.25, 0.3) is 11.1 Å². The van der Waals surface area contributed by atoms with Gasteiger partial charge in [0.1, 0.15) is 34.1 Å². The molecule has 254 valence electrons. The van der Waals surface area contributed by atoms with Gasteiger partial charge in [-0.2, -0.15) is 0 Å². The largest absolute Gasteiger partial charge is 0.496 e. The predicted octanol–water partition coefficient (Wildman–Crippen LogP) is 3.15. The number of benzene rings is 2. The average molecular weight is 667 g/mol. The number of aryl methyl sites for hydroxylation is 2. The number of methoxy groups -OCH3 is 4. The highest BCUT2D eigenvalue weighted by molar-refractivity contribution is 6.12. The van der Waals surface area contributed by atoms with Gasteiger partial charge in [-0.05, 0) is 49.9 Å². The van der Waals surface area contributed by atoms with E-state index in [1.807, 2.05) is 0 Å². The van der Waals surface area contributed by atoms with Crippen molar-refractivity contribution in [3.63, 3.8) is 0 Å². The van der Waals surface area contributed by atoms with Crippen LogP contribution in [0.3, 0.4) is 0 Å². The maximum Gasteiger partial charge on any atom is 0.354 e. The van der Waals surface area contributed by atoms with E-state index in [-0.39, 0.29) is 70.9 Å². The molecular weight excluding hydrogens is 632 g/mol. The van der Waals surface area contributed by atoms with E-state index in [4.69, 9.17) is 37.9 Å². The van der Waals surface area contributed by atoms with Crippen LogP contribution in [0.2, 0.25) is 0 Å². The number of fused-ring (bicyclic) bond motifs is 2. The smallest absolute Gasteiger partial charge is 0.354 e. The molecule has 0 spiro atoms. The molecule has 4 atom stereocenters. The van der Waals surface area contributed by atoms with Gasteiger partial charge in [-0.25, -0.2) is 9.59 Å². The molecule has 4 aliphatic rings. The Kier molecular flexibility index (Phi) is 8.08. The number of carbonyl (C=O) groups excluding carboxylic acids is 6. The van der Waals surface area contributed by atoms with Gasteiger partial charge in [-0.1, -0.05) is 0 Å². The van der Waals surface area contributed by atoms with Gasteiger partial charge in [0.25, 0.3) is 0 Å². The summed E-state index contributed by atoms with van der Waals surface area (Å²) < 4.78 is 45.5. The van der Waals surface area contributed by atoms with Crippen molar-refractivity contribution in [1.82, 2.24) is 0 Å². The van der Waals surface area contributed by atoms with Crippen molar-refractivity contribution < 1.29 is 66.7 Å². The zero-order valence-electron chi connectivity index (χ0n) is 27.3. The second kappa shape index (κ2) is 11.8. The third kappa shape index (κ3) is 4.75. The lowest BCUT2D eigenvalue weighted by atomic mass is 9.79. The average Bonchev–Trinajstić information content (AvgIpc) is 3.71. The molecule has 6 rings (SSSR count). The van der Waals surface area contributed by atoms with E-state index >= 15 is 0 Å². The molecule has 4 heterocycles. The minimum Gasteiger partial charge on any atom is -0.496 e. The number of esters is 4. The minimum atomic E-state index is -2.05. The van der Waals surface area contributed by atoms with E-state index in [1.165, 1.54) is 14.2 Å². The van der Waals surface area contributed by atoms with Crippen LogP contribution < -0.4 is 18.9 Å². The maximum absolute atomic E-state index is 14.1. The highest BCUT2D eigenvalue weighted by Crippen LogP contribution is 2.55. The predicted molar refractivity (Wildman–Crippen MR) is 161 cm³/mol. The van der Waals surface area contributed by atoms with Crippen LogP contribution in [-0.4, -0.2) is 87.3 Å².